The Kier molecular flexibility index (Phi) is 4.26. The molecule has 1 fully saturated rings. The maximum absolute atomic E-state index is 13.1. The van der Waals surface area contributed by atoms with Crippen molar-refractivity contribution in [1.29, 1.82) is 0 Å². The highest BCUT2D eigenvalue weighted by Crippen LogP contribution is 2.30. The quantitative estimate of drug-likeness (QED) is 0.665. The van der Waals surface area contributed by atoms with E-state index in [-0.39, 0.29) is 25.4 Å². The zero-order valence-electron chi connectivity index (χ0n) is 11.3. The van der Waals surface area contributed by atoms with Gasteiger partial charge in [-0.2, -0.15) is 4.31 Å². The Morgan fingerprint density at radius 2 is 2.14 bits per heavy atom. The number of nitro groups is 1. The predicted octanol–water partition coefficient (Wildman–Crippen LogP) is 1.13. The van der Waals surface area contributed by atoms with Crippen molar-refractivity contribution in [3.63, 3.8) is 0 Å². The maximum atomic E-state index is 13.1. The molecular weight excluding hydrogens is 303 g/mol. The molecular formula is C12H15FN2O5S. The number of aliphatic hydroxyl groups excluding tert-OH is 1. The second-order valence-electron chi connectivity index (χ2n) is 5.07. The number of benzene rings is 1. The van der Waals surface area contributed by atoms with Crippen molar-refractivity contribution < 1.29 is 22.8 Å². The standard InChI is InChI=1S/C12H15FN2O5S/c1-8-7-14(5-4-11(8)16)21(19,20)12-3-2-9(13)6-10(12)15(17)18/h2-3,6,8,11,16H,4-5,7H2,1H3. The fraction of sp³-hybridized carbons (Fsp3) is 0.500. The third-order valence-electron chi connectivity index (χ3n) is 3.56. The minimum absolute atomic E-state index is 0.0675. The van der Waals surface area contributed by atoms with E-state index >= 15 is 0 Å². The van der Waals surface area contributed by atoms with Crippen LogP contribution >= 0.6 is 0 Å². The molecule has 1 aliphatic heterocycles. The van der Waals surface area contributed by atoms with Crippen molar-refractivity contribution in [2.75, 3.05) is 13.1 Å². The van der Waals surface area contributed by atoms with E-state index in [0.717, 1.165) is 16.4 Å². The molecule has 0 aromatic heterocycles. The summed E-state index contributed by atoms with van der Waals surface area (Å²) in [6, 6.07) is 2.37. The Bertz CT molecular complexity index is 664. The molecule has 116 valence electrons. The number of hydrogen-bond donors (Lipinski definition) is 1. The summed E-state index contributed by atoms with van der Waals surface area (Å²) in [5.41, 5.74) is -0.784. The first-order valence-corrected chi connectivity index (χ1v) is 7.79. The average molecular weight is 318 g/mol. The molecule has 2 rings (SSSR count). The molecule has 0 bridgehead atoms. The van der Waals surface area contributed by atoms with Crippen LogP contribution in [0.2, 0.25) is 0 Å². The Morgan fingerprint density at radius 1 is 1.48 bits per heavy atom. The normalized spacial score (nSPS) is 24.0. The lowest BCUT2D eigenvalue weighted by molar-refractivity contribution is -0.388. The molecule has 1 saturated heterocycles. The highest BCUT2D eigenvalue weighted by atomic mass is 32.2. The summed E-state index contributed by atoms with van der Waals surface area (Å²) in [7, 11) is -4.10. The predicted molar refractivity (Wildman–Crippen MR) is 71.6 cm³/mol. The van der Waals surface area contributed by atoms with Gasteiger partial charge in [-0.1, -0.05) is 6.92 Å². The maximum Gasteiger partial charge on any atom is 0.292 e. The third kappa shape index (κ3) is 3.04. The van der Waals surface area contributed by atoms with Crippen LogP contribution in [0.25, 0.3) is 0 Å². The van der Waals surface area contributed by atoms with Crippen LogP contribution in [0, 0.1) is 21.8 Å². The van der Waals surface area contributed by atoms with E-state index in [1.165, 1.54) is 0 Å². The second kappa shape index (κ2) is 5.66. The second-order valence-corrected chi connectivity index (χ2v) is 6.97. The van der Waals surface area contributed by atoms with Gasteiger partial charge in [0, 0.05) is 13.1 Å². The lowest BCUT2D eigenvalue weighted by Gasteiger charge is -2.33. The summed E-state index contributed by atoms with van der Waals surface area (Å²) in [6.45, 7) is 1.84. The Labute approximate surface area is 121 Å². The molecule has 0 spiro atoms. The first-order valence-electron chi connectivity index (χ1n) is 6.35. The summed E-state index contributed by atoms with van der Waals surface area (Å²) < 4.78 is 39.2. The van der Waals surface area contributed by atoms with E-state index in [1.807, 2.05) is 0 Å². The molecule has 2 atom stereocenters. The van der Waals surface area contributed by atoms with Crippen LogP contribution in [0.4, 0.5) is 10.1 Å². The molecule has 9 heteroatoms. The highest BCUT2D eigenvalue weighted by Gasteiger charge is 2.36. The van der Waals surface area contributed by atoms with Crippen LogP contribution < -0.4 is 0 Å². The van der Waals surface area contributed by atoms with Crippen LogP contribution in [-0.4, -0.2) is 41.9 Å². The van der Waals surface area contributed by atoms with Crippen molar-refractivity contribution >= 4 is 15.7 Å². The van der Waals surface area contributed by atoms with Gasteiger partial charge in [-0.15, -0.1) is 0 Å². The minimum Gasteiger partial charge on any atom is -0.393 e. The van der Waals surface area contributed by atoms with Crippen molar-refractivity contribution in [3.05, 3.63) is 34.1 Å². The summed E-state index contributed by atoms with van der Waals surface area (Å²) in [5, 5.41) is 20.6. The molecule has 0 amide bonds. The van der Waals surface area contributed by atoms with Gasteiger partial charge in [0.2, 0.25) is 10.0 Å². The SMILES string of the molecule is CC1CN(S(=O)(=O)c2ccc(F)cc2[N+](=O)[O-])CCC1O. The molecule has 1 heterocycles. The lowest BCUT2D eigenvalue weighted by Crippen LogP contribution is -2.44. The fourth-order valence-corrected chi connectivity index (χ4v) is 4.00. The Morgan fingerprint density at radius 3 is 2.71 bits per heavy atom. The van der Waals surface area contributed by atoms with E-state index < -0.39 is 37.5 Å². The number of aliphatic hydroxyl groups is 1. The molecule has 1 aliphatic rings. The first-order chi connectivity index (χ1) is 9.73. The molecule has 21 heavy (non-hydrogen) atoms. The van der Waals surface area contributed by atoms with Gasteiger partial charge in [0.25, 0.3) is 5.69 Å². The highest BCUT2D eigenvalue weighted by molar-refractivity contribution is 7.89. The van der Waals surface area contributed by atoms with Gasteiger partial charge in [-0.25, -0.2) is 12.8 Å². The van der Waals surface area contributed by atoms with Gasteiger partial charge >= 0.3 is 0 Å². The largest absolute Gasteiger partial charge is 0.393 e. The van der Waals surface area contributed by atoms with Crippen LogP contribution in [0.15, 0.2) is 23.1 Å². The number of sulfonamides is 1. The van der Waals surface area contributed by atoms with Gasteiger partial charge in [0.15, 0.2) is 4.90 Å². The summed E-state index contributed by atoms with van der Waals surface area (Å²) in [5.74, 6) is -1.14. The average Bonchev–Trinajstić information content (AvgIpc) is 2.41. The number of nitrogens with zero attached hydrogens (tertiary/aromatic N) is 2. The van der Waals surface area contributed by atoms with Crippen LogP contribution in [0.1, 0.15) is 13.3 Å². The smallest absolute Gasteiger partial charge is 0.292 e. The number of halogens is 1. The molecule has 7 nitrogen and oxygen atoms in total. The molecule has 0 saturated carbocycles. The van der Waals surface area contributed by atoms with Crippen LogP contribution in [0.3, 0.4) is 0 Å². The number of nitro benzene ring substituents is 1. The van der Waals surface area contributed by atoms with Gasteiger partial charge in [0.05, 0.1) is 17.1 Å². The van der Waals surface area contributed by atoms with E-state index in [4.69, 9.17) is 0 Å². The minimum atomic E-state index is -4.10. The Hall–Kier alpha value is -1.58. The van der Waals surface area contributed by atoms with Gasteiger partial charge < -0.3 is 5.11 Å². The number of rotatable bonds is 3. The molecule has 0 radical (unpaired) electrons. The van der Waals surface area contributed by atoms with E-state index in [2.05, 4.69) is 0 Å². The topological polar surface area (TPSA) is 101 Å². The number of hydrogen-bond acceptors (Lipinski definition) is 5. The molecule has 2 unspecified atom stereocenters. The van der Waals surface area contributed by atoms with E-state index in [9.17, 15) is 28.0 Å². The summed E-state index contributed by atoms with van der Waals surface area (Å²) in [4.78, 5) is 9.49. The van der Waals surface area contributed by atoms with E-state index in [1.54, 1.807) is 6.92 Å². The van der Waals surface area contributed by atoms with Gasteiger partial charge in [-0.05, 0) is 24.5 Å². The summed E-state index contributed by atoms with van der Waals surface area (Å²) >= 11 is 0. The van der Waals surface area contributed by atoms with Gasteiger partial charge in [-0.3, -0.25) is 10.1 Å². The zero-order valence-corrected chi connectivity index (χ0v) is 12.1. The Balaban J connectivity index is 2.43. The van der Waals surface area contributed by atoms with E-state index in [0.29, 0.717) is 6.07 Å². The van der Waals surface area contributed by atoms with Crippen LogP contribution in [0.5, 0.6) is 0 Å². The molecule has 0 aliphatic carbocycles. The first kappa shape index (κ1) is 15.8. The molecule has 1 aromatic carbocycles. The van der Waals surface area contributed by atoms with Crippen molar-refractivity contribution in [1.82, 2.24) is 4.31 Å². The zero-order chi connectivity index (χ0) is 15.8. The molecule has 1 N–H and O–H groups in total. The van der Waals surface area contributed by atoms with Crippen molar-refractivity contribution in [2.24, 2.45) is 5.92 Å². The lowest BCUT2D eigenvalue weighted by atomic mass is 9.99. The molecule has 1 aromatic rings. The fourth-order valence-electron chi connectivity index (χ4n) is 2.30. The van der Waals surface area contributed by atoms with Crippen molar-refractivity contribution in [3.8, 4) is 0 Å². The monoisotopic (exact) mass is 318 g/mol. The van der Waals surface area contributed by atoms with Gasteiger partial charge in [0.1, 0.15) is 5.82 Å². The van der Waals surface area contributed by atoms with Crippen molar-refractivity contribution in [2.45, 2.75) is 24.3 Å². The summed E-state index contributed by atoms with van der Waals surface area (Å²) in [6.07, 6.45) is -0.338. The van der Waals surface area contributed by atoms with Crippen LogP contribution in [-0.2, 0) is 10.0 Å². The number of piperidine rings is 1. The third-order valence-corrected chi connectivity index (χ3v) is 5.47.